The van der Waals surface area contributed by atoms with Crippen molar-refractivity contribution in [2.45, 2.75) is 6.10 Å². The van der Waals surface area contributed by atoms with Crippen LogP contribution in [0.2, 0.25) is 0 Å². The van der Waals surface area contributed by atoms with Gasteiger partial charge in [-0.2, -0.15) is 0 Å². The summed E-state index contributed by atoms with van der Waals surface area (Å²) in [6.07, 6.45) is 3.20. The third-order valence-electron chi connectivity index (χ3n) is 1.42. The van der Waals surface area contributed by atoms with E-state index in [0.717, 1.165) is 0 Å². The van der Waals surface area contributed by atoms with E-state index in [-0.39, 0.29) is 6.61 Å². The minimum absolute atomic E-state index is 0.00537. The maximum absolute atomic E-state index is 10.9. The van der Waals surface area contributed by atoms with Crippen LogP contribution in [-0.4, -0.2) is 35.5 Å². The van der Waals surface area contributed by atoms with Gasteiger partial charge >= 0.3 is 5.97 Å². The smallest absolute Gasteiger partial charge is 0.337 e. The maximum Gasteiger partial charge on any atom is 0.337 e. The largest absolute Gasteiger partial charge is 0.459 e. The first-order chi connectivity index (χ1) is 6.65. The molecular formula is C10H14O4. The number of aliphatic hydroxyl groups excluding tert-OH is 2. The molecule has 0 bridgehead atoms. The predicted octanol–water partition coefficient (Wildman–Crippen LogP) is 0.181. The fraction of sp³-hybridized carbons (Fsp3) is 0.300. The van der Waals surface area contributed by atoms with E-state index in [0.29, 0.717) is 5.57 Å². The number of aliphatic hydroxyl groups is 2. The van der Waals surface area contributed by atoms with E-state index in [2.05, 4.69) is 17.9 Å². The van der Waals surface area contributed by atoms with Crippen LogP contribution in [0.4, 0.5) is 0 Å². The molecule has 2 N–H and O–H groups in total. The van der Waals surface area contributed by atoms with Crippen molar-refractivity contribution in [2.24, 2.45) is 0 Å². The monoisotopic (exact) mass is 198 g/mol. The van der Waals surface area contributed by atoms with Crippen molar-refractivity contribution in [2.75, 3.05) is 13.2 Å². The molecule has 0 aromatic rings. The quantitative estimate of drug-likeness (QED) is 0.472. The molecule has 1 unspecified atom stereocenters. The third kappa shape index (κ3) is 4.59. The molecule has 0 saturated heterocycles. The fourth-order valence-electron chi connectivity index (χ4n) is 0.652. The van der Waals surface area contributed by atoms with E-state index in [1.807, 2.05) is 0 Å². The van der Waals surface area contributed by atoms with Crippen LogP contribution in [0.5, 0.6) is 0 Å². The molecule has 0 aromatic heterocycles. The van der Waals surface area contributed by atoms with Gasteiger partial charge in [0.05, 0.1) is 6.61 Å². The zero-order valence-corrected chi connectivity index (χ0v) is 7.85. The van der Waals surface area contributed by atoms with Crippen LogP contribution in [0.1, 0.15) is 0 Å². The Morgan fingerprint density at radius 2 is 2.14 bits per heavy atom. The number of hydrogen-bond donors (Lipinski definition) is 2. The van der Waals surface area contributed by atoms with E-state index in [1.54, 1.807) is 6.08 Å². The summed E-state index contributed by atoms with van der Waals surface area (Å²) in [6.45, 7) is 6.34. The second kappa shape index (κ2) is 7.06. The van der Waals surface area contributed by atoms with Crippen LogP contribution in [0.15, 0.2) is 37.0 Å². The number of rotatable bonds is 6. The molecule has 0 heterocycles. The molecule has 4 heteroatoms. The van der Waals surface area contributed by atoms with E-state index in [9.17, 15) is 4.79 Å². The van der Waals surface area contributed by atoms with Gasteiger partial charge in [0.25, 0.3) is 0 Å². The average molecular weight is 198 g/mol. The fourth-order valence-corrected chi connectivity index (χ4v) is 0.652. The van der Waals surface area contributed by atoms with Crippen molar-refractivity contribution < 1.29 is 19.7 Å². The maximum atomic E-state index is 10.9. The Hall–Kier alpha value is -1.39. The van der Waals surface area contributed by atoms with Crippen molar-refractivity contribution in [1.29, 1.82) is 0 Å². The van der Waals surface area contributed by atoms with Crippen molar-refractivity contribution in [3.05, 3.63) is 37.0 Å². The standard InChI is InChI=1S/C10H14O4/c1-3-5-8(4-2)7-14-10(13)9(12)6-11/h3-5,9,11-12H,1-2,6-7H2/b8-5+. The SMILES string of the molecule is C=C/C=C(\C=C)COC(=O)C(O)CO. The van der Waals surface area contributed by atoms with Crippen molar-refractivity contribution in [3.8, 4) is 0 Å². The highest BCUT2D eigenvalue weighted by Crippen LogP contribution is 1.98. The summed E-state index contributed by atoms with van der Waals surface area (Å²) in [4.78, 5) is 10.9. The molecule has 1 atom stereocenters. The van der Waals surface area contributed by atoms with Gasteiger partial charge in [-0.1, -0.05) is 31.4 Å². The van der Waals surface area contributed by atoms with E-state index in [4.69, 9.17) is 10.2 Å². The first-order valence-electron chi connectivity index (χ1n) is 4.05. The Bertz CT molecular complexity index is 243. The molecule has 14 heavy (non-hydrogen) atoms. The minimum atomic E-state index is -1.48. The van der Waals surface area contributed by atoms with Crippen LogP contribution in [-0.2, 0) is 9.53 Å². The Labute approximate surface area is 82.8 Å². The normalized spacial score (nSPS) is 13.1. The first kappa shape index (κ1) is 12.6. The van der Waals surface area contributed by atoms with Crippen LogP contribution in [0.3, 0.4) is 0 Å². The molecular weight excluding hydrogens is 184 g/mol. The van der Waals surface area contributed by atoms with Gasteiger partial charge in [0.15, 0.2) is 6.10 Å². The molecule has 0 amide bonds. The molecule has 0 aliphatic rings. The highest BCUT2D eigenvalue weighted by atomic mass is 16.5. The number of esters is 1. The van der Waals surface area contributed by atoms with Crippen LogP contribution in [0.25, 0.3) is 0 Å². The number of ether oxygens (including phenoxy) is 1. The first-order valence-corrected chi connectivity index (χ1v) is 4.05. The summed E-state index contributed by atoms with van der Waals surface area (Å²) in [7, 11) is 0. The van der Waals surface area contributed by atoms with Gasteiger partial charge in [0.1, 0.15) is 6.61 Å². The molecule has 0 aromatic carbocycles. The summed E-state index contributed by atoms with van der Waals surface area (Å²) >= 11 is 0. The lowest BCUT2D eigenvalue weighted by molar-refractivity contribution is -0.154. The molecule has 0 fully saturated rings. The summed E-state index contributed by atoms with van der Waals surface area (Å²) in [5, 5.41) is 17.3. The molecule has 0 aliphatic carbocycles. The molecule has 4 nitrogen and oxygen atoms in total. The van der Waals surface area contributed by atoms with Gasteiger partial charge in [-0.25, -0.2) is 4.79 Å². The summed E-state index contributed by atoms with van der Waals surface area (Å²) in [6, 6.07) is 0. The average Bonchev–Trinajstić information content (AvgIpc) is 2.22. The lowest BCUT2D eigenvalue weighted by Crippen LogP contribution is -2.27. The van der Waals surface area contributed by atoms with E-state index < -0.39 is 18.7 Å². The van der Waals surface area contributed by atoms with Gasteiger partial charge < -0.3 is 14.9 Å². The summed E-state index contributed by atoms with van der Waals surface area (Å²) in [5.41, 5.74) is 0.665. The Morgan fingerprint density at radius 3 is 2.57 bits per heavy atom. The van der Waals surface area contributed by atoms with Crippen molar-refractivity contribution in [3.63, 3.8) is 0 Å². The highest BCUT2D eigenvalue weighted by molar-refractivity contribution is 5.74. The number of hydrogen-bond acceptors (Lipinski definition) is 4. The second-order valence-corrected chi connectivity index (χ2v) is 2.49. The van der Waals surface area contributed by atoms with Gasteiger partial charge in [0, 0.05) is 0 Å². The third-order valence-corrected chi connectivity index (χ3v) is 1.42. The zero-order valence-electron chi connectivity index (χ0n) is 7.85. The van der Waals surface area contributed by atoms with Crippen LogP contribution in [0, 0.1) is 0 Å². The molecule has 0 radical (unpaired) electrons. The molecule has 0 saturated carbocycles. The van der Waals surface area contributed by atoms with Gasteiger partial charge in [-0.15, -0.1) is 0 Å². The Morgan fingerprint density at radius 1 is 1.50 bits per heavy atom. The Balaban J connectivity index is 4.03. The molecule has 0 rings (SSSR count). The summed E-state index contributed by atoms with van der Waals surface area (Å²) in [5.74, 6) is -0.857. The molecule has 0 aliphatic heterocycles. The van der Waals surface area contributed by atoms with Crippen molar-refractivity contribution in [1.82, 2.24) is 0 Å². The lowest BCUT2D eigenvalue weighted by atomic mass is 10.2. The molecule has 0 spiro atoms. The van der Waals surface area contributed by atoms with Crippen LogP contribution < -0.4 is 0 Å². The van der Waals surface area contributed by atoms with E-state index >= 15 is 0 Å². The van der Waals surface area contributed by atoms with Gasteiger partial charge in [-0.05, 0) is 5.57 Å². The second-order valence-electron chi connectivity index (χ2n) is 2.49. The van der Waals surface area contributed by atoms with Gasteiger partial charge in [-0.3, -0.25) is 0 Å². The minimum Gasteiger partial charge on any atom is -0.459 e. The van der Waals surface area contributed by atoms with Crippen LogP contribution >= 0.6 is 0 Å². The number of allylic oxidation sites excluding steroid dienone is 2. The summed E-state index contributed by atoms with van der Waals surface area (Å²) < 4.78 is 4.66. The van der Waals surface area contributed by atoms with Gasteiger partial charge in [0.2, 0.25) is 0 Å². The topological polar surface area (TPSA) is 66.8 Å². The predicted molar refractivity (Wildman–Crippen MR) is 52.5 cm³/mol. The zero-order chi connectivity index (χ0) is 11.0. The highest BCUT2D eigenvalue weighted by Gasteiger charge is 2.14. The number of carbonyl (C=O) groups excluding carboxylic acids is 1. The van der Waals surface area contributed by atoms with Crippen molar-refractivity contribution >= 4 is 5.97 Å². The Kier molecular flexibility index (Phi) is 6.36. The lowest BCUT2D eigenvalue weighted by Gasteiger charge is -2.07. The molecule has 78 valence electrons. The van der Waals surface area contributed by atoms with E-state index in [1.165, 1.54) is 12.2 Å². The number of carbonyl (C=O) groups is 1.